The molecule has 156 valence electrons. The van der Waals surface area contributed by atoms with E-state index in [1.54, 1.807) is 19.2 Å². The van der Waals surface area contributed by atoms with Crippen LogP contribution in [0.1, 0.15) is 10.4 Å². The van der Waals surface area contributed by atoms with Gasteiger partial charge in [0.2, 0.25) is 5.75 Å². The SMILES string of the molecule is COc1cc(C=O)cc(OCCN2CCOCC2)c1OCCN1CCOCC1. The fourth-order valence-corrected chi connectivity index (χ4v) is 3.28. The van der Waals surface area contributed by atoms with Gasteiger partial charge in [-0.1, -0.05) is 0 Å². The summed E-state index contributed by atoms with van der Waals surface area (Å²) in [5, 5.41) is 0. The first kappa shape index (κ1) is 20.9. The van der Waals surface area contributed by atoms with Gasteiger partial charge in [-0.2, -0.15) is 0 Å². The lowest BCUT2D eigenvalue weighted by Gasteiger charge is -2.27. The molecule has 0 atom stereocenters. The highest BCUT2D eigenvalue weighted by atomic mass is 16.5. The Balaban J connectivity index is 1.60. The zero-order valence-corrected chi connectivity index (χ0v) is 16.6. The largest absolute Gasteiger partial charge is 0.493 e. The van der Waals surface area contributed by atoms with Gasteiger partial charge in [0.15, 0.2) is 11.5 Å². The van der Waals surface area contributed by atoms with Crippen LogP contribution in [0.2, 0.25) is 0 Å². The summed E-state index contributed by atoms with van der Waals surface area (Å²) in [6.07, 6.45) is 0.787. The second kappa shape index (κ2) is 11.2. The minimum absolute atomic E-state index is 0.499. The van der Waals surface area contributed by atoms with Gasteiger partial charge in [0.25, 0.3) is 0 Å². The van der Waals surface area contributed by atoms with E-state index in [1.165, 1.54) is 0 Å². The zero-order valence-electron chi connectivity index (χ0n) is 16.6. The van der Waals surface area contributed by atoms with Gasteiger partial charge in [-0.25, -0.2) is 0 Å². The van der Waals surface area contributed by atoms with Gasteiger partial charge in [-0.15, -0.1) is 0 Å². The maximum absolute atomic E-state index is 11.3. The van der Waals surface area contributed by atoms with Crippen molar-refractivity contribution >= 4 is 6.29 Å². The third-order valence-electron chi connectivity index (χ3n) is 4.93. The summed E-state index contributed by atoms with van der Waals surface area (Å²) in [5.74, 6) is 1.59. The Hall–Kier alpha value is -1.87. The standard InChI is InChI=1S/C20H30N2O6/c1-24-18-14-17(16-23)15-19(27-12-6-21-2-8-25-9-3-21)20(18)28-13-7-22-4-10-26-11-5-22/h14-16H,2-13H2,1H3. The van der Waals surface area contributed by atoms with E-state index in [0.717, 1.165) is 72.0 Å². The molecule has 1 aromatic rings. The van der Waals surface area contributed by atoms with E-state index in [0.29, 0.717) is 36.0 Å². The Bertz CT molecular complexity index is 615. The normalized spacial score (nSPS) is 18.6. The molecule has 3 rings (SSSR count). The highest BCUT2D eigenvalue weighted by Gasteiger charge is 2.17. The first-order valence-electron chi connectivity index (χ1n) is 9.83. The molecule has 0 aromatic heterocycles. The van der Waals surface area contributed by atoms with Crippen LogP contribution in [0.15, 0.2) is 12.1 Å². The number of methoxy groups -OCH3 is 1. The number of hydrogen-bond acceptors (Lipinski definition) is 8. The second-order valence-electron chi connectivity index (χ2n) is 6.77. The fourth-order valence-electron chi connectivity index (χ4n) is 3.28. The third kappa shape index (κ3) is 6.07. The van der Waals surface area contributed by atoms with Gasteiger partial charge in [0, 0.05) is 44.8 Å². The van der Waals surface area contributed by atoms with Gasteiger partial charge < -0.3 is 23.7 Å². The van der Waals surface area contributed by atoms with E-state index in [-0.39, 0.29) is 0 Å². The van der Waals surface area contributed by atoms with E-state index in [1.807, 2.05) is 0 Å². The number of nitrogens with zero attached hydrogens (tertiary/aromatic N) is 2. The molecule has 8 heteroatoms. The van der Waals surface area contributed by atoms with Crippen LogP contribution in [0.4, 0.5) is 0 Å². The second-order valence-corrected chi connectivity index (χ2v) is 6.77. The van der Waals surface area contributed by atoms with E-state index < -0.39 is 0 Å². The van der Waals surface area contributed by atoms with Crippen LogP contribution in [-0.2, 0) is 9.47 Å². The average molecular weight is 394 g/mol. The third-order valence-corrected chi connectivity index (χ3v) is 4.93. The predicted octanol–water partition coefficient (Wildman–Crippen LogP) is 0.930. The van der Waals surface area contributed by atoms with Gasteiger partial charge >= 0.3 is 0 Å². The summed E-state index contributed by atoms with van der Waals surface area (Å²) in [7, 11) is 1.57. The Kier molecular flexibility index (Phi) is 8.35. The molecule has 2 heterocycles. The van der Waals surface area contributed by atoms with Gasteiger partial charge in [-0.05, 0) is 12.1 Å². The Morgan fingerprint density at radius 2 is 1.43 bits per heavy atom. The van der Waals surface area contributed by atoms with Crippen LogP contribution in [-0.4, -0.2) is 102 Å². The number of carbonyl (C=O) groups is 1. The number of hydrogen-bond donors (Lipinski definition) is 0. The van der Waals surface area contributed by atoms with Crippen LogP contribution in [0.25, 0.3) is 0 Å². The molecular weight excluding hydrogens is 364 g/mol. The summed E-state index contributed by atoms with van der Waals surface area (Å²) >= 11 is 0. The van der Waals surface area contributed by atoms with Gasteiger partial charge in [0.1, 0.15) is 19.5 Å². The number of ether oxygens (including phenoxy) is 5. The molecule has 2 saturated heterocycles. The molecule has 8 nitrogen and oxygen atoms in total. The summed E-state index contributed by atoms with van der Waals surface area (Å²) in [6.45, 7) is 9.27. The van der Waals surface area contributed by atoms with Crippen molar-refractivity contribution in [2.24, 2.45) is 0 Å². The summed E-state index contributed by atoms with van der Waals surface area (Å²) < 4.78 is 28.2. The first-order chi connectivity index (χ1) is 13.8. The molecule has 0 radical (unpaired) electrons. The van der Waals surface area contributed by atoms with Crippen molar-refractivity contribution in [3.8, 4) is 17.2 Å². The summed E-state index contributed by atoms with van der Waals surface area (Å²) in [4.78, 5) is 15.9. The minimum atomic E-state index is 0.499. The molecule has 2 aliphatic heterocycles. The lowest BCUT2D eigenvalue weighted by atomic mass is 10.2. The fraction of sp³-hybridized carbons (Fsp3) is 0.650. The van der Waals surface area contributed by atoms with Crippen molar-refractivity contribution in [3.63, 3.8) is 0 Å². The molecule has 0 spiro atoms. The summed E-state index contributed by atoms with van der Waals surface area (Å²) in [6, 6.07) is 3.38. The monoisotopic (exact) mass is 394 g/mol. The van der Waals surface area contributed by atoms with E-state index in [9.17, 15) is 4.79 Å². The van der Waals surface area contributed by atoms with Crippen molar-refractivity contribution in [2.75, 3.05) is 86.0 Å². The molecule has 0 bridgehead atoms. The quantitative estimate of drug-likeness (QED) is 0.543. The number of aldehydes is 1. The van der Waals surface area contributed by atoms with Crippen molar-refractivity contribution in [1.29, 1.82) is 0 Å². The Labute approximate surface area is 166 Å². The molecule has 0 N–H and O–H groups in total. The topological polar surface area (TPSA) is 69.7 Å². The Morgan fingerprint density at radius 1 is 0.893 bits per heavy atom. The van der Waals surface area contributed by atoms with Crippen molar-refractivity contribution in [3.05, 3.63) is 17.7 Å². The van der Waals surface area contributed by atoms with Crippen LogP contribution in [0, 0.1) is 0 Å². The molecule has 2 fully saturated rings. The average Bonchev–Trinajstić information content (AvgIpc) is 2.75. The van der Waals surface area contributed by atoms with Crippen molar-refractivity contribution < 1.29 is 28.5 Å². The van der Waals surface area contributed by atoms with E-state index in [4.69, 9.17) is 23.7 Å². The Morgan fingerprint density at radius 3 is 1.96 bits per heavy atom. The molecule has 2 aliphatic rings. The first-order valence-corrected chi connectivity index (χ1v) is 9.83. The maximum Gasteiger partial charge on any atom is 0.203 e. The highest BCUT2D eigenvalue weighted by Crippen LogP contribution is 2.38. The number of carbonyl (C=O) groups excluding carboxylic acids is 1. The van der Waals surface area contributed by atoms with Crippen molar-refractivity contribution in [2.45, 2.75) is 0 Å². The molecular formula is C20H30N2O6. The van der Waals surface area contributed by atoms with Gasteiger partial charge in [0.05, 0.1) is 33.5 Å². The molecule has 0 unspecified atom stereocenters. The van der Waals surface area contributed by atoms with Crippen LogP contribution in [0.5, 0.6) is 17.2 Å². The number of morpholine rings is 2. The zero-order chi connectivity index (χ0) is 19.6. The number of benzene rings is 1. The van der Waals surface area contributed by atoms with E-state index >= 15 is 0 Å². The molecule has 1 aromatic carbocycles. The van der Waals surface area contributed by atoms with Gasteiger partial charge in [-0.3, -0.25) is 14.6 Å². The predicted molar refractivity (Wildman–Crippen MR) is 104 cm³/mol. The minimum Gasteiger partial charge on any atom is -0.493 e. The van der Waals surface area contributed by atoms with Crippen LogP contribution in [0.3, 0.4) is 0 Å². The molecule has 0 amide bonds. The lowest BCUT2D eigenvalue weighted by molar-refractivity contribution is 0.0304. The molecule has 0 aliphatic carbocycles. The van der Waals surface area contributed by atoms with Crippen LogP contribution < -0.4 is 14.2 Å². The molecule has 0 saturated carbocycles. The van der Waals surface area contributed by atoms with Crippen molar-refractivity contribution in [1.82, 2.24) is 9.80 Å². The maximum atomic E-state index is 11.3. The number of rotatable bonds is 10. The highest BCUT2D eigenvalue weighted by molar-refractivity contribution is 5.78. The summed E-state index contributed by atoms with van der Waals surface area (Å²) in [5.41, 5.74) is 0.499. The smallest absolute Gasteiger partial charge is 0.203 e. The lowest BCUT2D eigenvalue weighted by Crippen LogP contribution is -2.39. The van der Waals surface area contributed by atoms with E-state index in [2.05, 4.69) is 9.80 Å². The van der Waals surface area contributed by atoms with Crippen LogP contribution >= 0.6 is 0 Å². The molecule has 28 heavy (non-hydrogen) atoms.